The summed E-state index contributed by atoms with van der Waals surface area (Å²) < 4.78 is 49.6. The second-order valence-electron chi connectivity index (χ2n) is 6.64. The fraction of sp³-hybridized carbons (Fsp3) is 0.389. The van der Waals surface area contributed by atoms with Crippen molar-refractivity contribution >= 4 is 0 Å². The van der Waals surface area contributed by atoms with E-state index in [0.717, 1.165) is 5.56 Å². The Bertz CT molecular complexity index is 804. The molecule has 2 rings (SSSR count). The molecule has 0 amide bonds. The Hall–Kier alpha value is -2.44. The molecule has 0 atom stereocenters. The third-order valence-electron chi connectivity index (χ3n) is 3.56. The quantitative estimate of drug-likeness (QED) is 0.891. The predicted molar refractivity (Wildman–Crippen MR) is 88.1 cm³/mol. The SMILES string of the molecule is COc1cccc(COc2c(C(C)(C)C)[nH]c(C(F)(F)F)cc2=O)c1. The number of H-pyrrole nitrogens is 1. The molecule has 0 bridgehead atoms. The van der Waals surface area contributed by atoms with Crippen LogP contribution >= 0.6 is 0 Å². The third kappa shape index (κ3) is 4.55. The lowest BCUT2D eigenvalue weighted by Gasteiger charge is -2.23. The highest BCUT2D eigenvalue weighted by Gasteiger charge is 2.35. The molecule has 1 aromatic heterocycles. The first-order valence-corrected chi connectivity index (χ1v) is 7.63. The molecule has 0 saturated carbocycles. The van der Waals surface area contributed by atoms with Gasteiger partial charge in [-0.3, -0.25) is 4.79 Å². The van der Waals surface area contributed by atoms with E-state index in [1.807, 2.05) is 0 Å². The summed E-state index contributed by atoms with van der Waals surface area (Å²) in [7, 11) is 1.53. The molecule has 1 N–H and O–H groups in total. The Labute approximate surface area is 143 Å². The highest BCUT2D eigenvalue weighted by atomic mass is 19.4. The van der Waals surface area contributed by atoms with E-state index in [-0.39, 0.29) is 18.1 Å². The van der Waals surface area contributed by atoms with Gasteiger partial charge >= 0.3 is 6.18 Å². The van der Waals surface area contributed by atoms with Crippen LogP contribution < -0.4 is 14.9 Å². The highest BCUT2D eigenvalue weighted by Crippen LogP contribution is 2.33. The van der Waals surface area contributed by atoms with Gasteiger partial charge in [-0.1, -0.05) is 32.9 Å². The number of ether oxygens (including phenoxy) is 2. The minimum Gasteiger partial charge on any atom is -0.497 e. The van der Waals surface area contributed by atoms with E-state index in [0.29, 0.717) is 11.8 Å². The molecule has 0 aliphatic rings. The van der Waals surface area contributed by atoms with Gasteiger partial charge in [0, 0.05) is 11.5 Å². The van der Waals surface area contributed by atoms with Gasteiger partial charge in [0.15, 0.2) is 5.75 Å². The number of rotatable bonds is 4. The minimum atomic E-state index is -4.63. The molecular weight excluding hydrogens is 335 g/mol. The third-order valence-corrected chi connectivity index (χ3v) is 3.56. The standard InChI is InChI=1S/C18H20F3NO3/c1-17(2,3)16-15(13(23)9-14(22-16)18(19,20)21)25-10-11-6-5-7-12(8-11)24-4/h5-9H,10H2,1-4H3,(H,22,23). The van der Waals surface area contributed by atoms with Crippen LogP contribution in [0.4, 0.5) is 13.2 Å². The largest absolute Gasteiger partial charge is 0.497 e. The van der Waals surface area contributed by atoms with Gasteiger partial charge in [0.25, 0.3) is 0 Å². The smallest absolute Gasteiger partial charge is 0.431 e. The fourth-order valence-corrected chi connectivity index (χ4v) is 2.29. The molecule has 2 aromatic rings. The number of methoxy groups -OCH3 is 1. The molecular formula is C18H20F3NO3. The van der Waals surface area contributed by atoms with E-state index in [9.17, 15) is 18.0 Å². The van der Waals surface area contributed by atoms with Crippen LogP contribution in [0.2, 0.25) is 0 Å². The number of hydrogen-bond acceptors (Lipinski definition) is 3. The fourth-order valence-electron chi connectivity index (χ4n) is 2.29. The Morgan fingerprint density at radius 3 is 2.36 bits per heavy atom. The maximum Gasteiger partial charge on any atom is 0.431 e. The number of aromatic nitrogens is 1. The van der Waals surface area contributed by atoms with Crippen LogP contribution in [0, 0.1) is 0 Å². The van der Waals surface area contributed by atoms with Gasteiger partial charge in [-0.25, -0.2) is 0 Å². The van der Waals surface area contributed by atoms with Crippen molar-refractivity contribution < 1.29 is 22.6 Å². The maximum atomic E-state index is 13.0. The van der Waals surface area contributed by atoms with Gasteiger partial charge < -0.3 is 14.5 Å². The van der Waals surface area contributed by atoms with E-state index in [4.69, 9.17) is 9.47 Å². The number of nitrogens with one attached hydrogen (secondary N) is 1. The highest BCUT2D eigenvalue weighted by molar-refractivity contribution is 5.36. The zero-order valence-electron chi connectivity index (χ0n) is 14.5. The molecule has 0 fully saturated rings. The number of aromatic amines is 1. The topological polar surface area (TPSA) is 51.3 Å². The second-order valence-corrected chi connectivity index (χ2v) is 6.64. The summed E-state index contributed by atoms with van der Waals surface area (Å²) in [5.74, 6) is 0.516. The summed E-state index contributed by atoms with van der Waals surface area (Å²) in [6.07, 6.45) is -4.63. The summed E-state index contributed by atoms with van der Waals surface area (Å²) in [5.41, 5.74) is -1.78. The zero-order valence-corrected chi connectivity index (χ0v) is 14.5. The molecule has 4 nitrogen and oxygen atoms in total. The zero-order chi connectivity index (χ0) is 18.8. The number of alkyl halides is 3. The average Bonchev–Trinajstić information content (AvgIpc) is 2.51. The van der Waals surface area contributed by atoms with E-state index in [2.05, 4.69) is 4.98 Å². The lowest BCUT2D eigenvalue weighted by atomic mass is 9.90. The average molecular weight is 355 g/mol. The molecule has 25 heavy (non-hydrogen) atoms. The Kier molecular flexibility index (Phi) is 5.15. The molecule has 0 saturated heterocycles. The predicted octanol–water partition coefficient (Wildman–Crippen LogP) is 4.28. The molecule has 0 spiro atoms. The van der Waals surface area contributed by atoms with Crippen molar-refractivity contribution in [3.05, 3.63) is 57.5 Å². The van der Waals surface area contributed by atoms with Crippen LogP contribution in [0.5, 0.6) is 11.5 Å². The maximum absolute atomic E-state index is 13.0. The lowest BCUT2D eigenvalue weighted by molar-refractivity contribution is -0.141. The van der Waals surface area contributed by atoms with Crippen LogP contribution in [-0.4, -0.2) is 12.1 Å². The second kappa shape index (κ2) is 6.82. The molecule has 1 heterocycles. The molecule has 1 aromatic carbocycles. The summed E-state index contributed by atoms with van der Waals surface area (Å²) >= 11 is 0. The first-order chi connectivity index (χ1) is 11.5. The molecule has 0 radical (unpaired) electrons. The first-order valence-electron chi connectivity index (χ1n) is 7.63. The van der Waals surface area contributed by atoms with Gasteiger partial charge in [-0.05, 0) is 17.7 Å². The van der Waals surface area contributed by atoms with E-state index in [1.165, 1.54) is 7.11 Å². The van der Waals surface area contributed by atoms with Crippen LogP contribution in [0.3, 0.4) is 0 Å². The van der Waals surface area contributed by atoms with Gasteiger partial charge in [0.05, 0.1) is 12.8 Å². The number of hydrogen-bond donors (Lipinski definition) is 1. The molecule has 136 valence electrons. The van der Waals surface area contributed by atoms with Gasteiger partial charge in [-0.15, -0.1) is 0 Å². The van der Waals surface area contributed by atoms with Crippen LogP contribution in [0.25, 0.3) is 0 Å². The van der Waals surface area contributed by atoms with E-state index in [1.54, 1.807) is 45.0 Å². The Morgan fingerprint density at radius 1 is 1.12 bits per heavy atom. The van der Waals surface area contributed by atoms with Crippen LogP contribution in [0.1, 0.15) is 37.7 Å². The Balaban J connectivity index is 2.41. The van der Waals surface area contributed by atoms with Crippen molar-refractivity contribution in [2.45, 2.75) is 39.0 Å². The molecule has 0 aliphatic carbocycles. The number of halogens is 3. The summed E-state index contributed by atoms with van der Waals surface area (Å²) in [4.78, 5) is 14.5. The van der Waals surface area contributed by atoms with Crippen molar-refractivity contribution in [2.75, 3.05) is 7.11 Å². The van der Waals surface area contributed by atoms with Crippen molar-refractivity contribution in [3.8, 4) is 11.5 Å². The van der Waals surface area contributed by atoms with Gasteiger partial charge in [-0.2, -0.15) is 13.2 Å². The molecule has 7 heteroatoms. The van der Waals surface area contributed by atoms with Crippen molar-refractivity contribution in [3.63, 3.8) is 0 Å². The number of pyridine rings is 1. The summed E-state index contributed by atoms with van der Waals surface area (Å²) in [5, 5.41) is 0. The minimum absolute atomic E-state index is 0.0364. The van der Waals surface area contributed by atoms with Gasteiger partial charge in [0.1, 0.15) is 18.1 Å². The van der Waals surface area contributed by atoms with Crippen LogP contribution in [0.15, 0.2) is 35.1 Å². The summed E-state index contributed by atoms with van der Waals surface area (Å²) in [6, 6.07) is 7.55. The monoisotopic (exact) mass is 355 g/mol. The first kappa shape index (κ1) is 18.9. The molecule has 0 unspecified atom stereocenters. The van der Waals surface area contributed by atoms with Crippen molar-refractivity contribution in [2.24, 2.45) is 0 Å². The number of benzene rings is 1. The van der Waals surface area contributed by atoms with E-state index < -0.39 is 22.7 Å². The van der Waals surface area contributed by atoms with Gasteiger partial charge in [0.2, 0.25) is 5.43 Å². The van der Waals surface area contributed by atoms with Crippen LogP contribution in [-0.2, 0) is 18.2 Å². The summed E-state index contributed by atoms with van der Waals surface area (Å²) in [6.45, 7) is 5.15. The van der Waals surface area contributed by atoms with E-state index >= 15 is 0 Å². The Morgan fingerprint density at radius 2 is 1.80 bits per heavy atom. The normalized spacial score (nSPS) is 12.1. The van der Waals surface area contributed by atoms with Crippen molar-refractivity contribution in [1.82, 2.24) is 4.98 Å². The lowest BCUT2D eigenvalue weighted by Crippen LogP contribution is -2.24. The van der Waals surface area contributed by atoms with Crippen molar-refractivity contribution in [1.29, 1.82) is 0 Å². The molecule has 0 aliphatic heterocycles.